The van der Waals surface area contributed by atoms with Gasteiger partial charge in [0.25, 0.3) is 0 Å². The lowest BCUT2D eigenvalue weighted by atomic mass is 9.95. The molecule has 1 unspecified atom stereocenters. The minimum absolute atomic E-state index is 0.316. The highest BCUT2D eigenvalue weighted by Crippen LogP contribution is 2.37. The Morgan fingerprint density at radius 2 is 1.38 bits per heavy atom. The van der Waals surface area contributed by atoms with Gasteiger partial charge in [-0.2, -0.15) is 0 Å². The van der Waals surface area contributed by atoms with E-state index in [0.29, 0.717) is 9.15 Å². The summed E-state index contributed by atoms with van der Waals surface area (Å²) in [6.07, 6.45) is 12.1. The van der Waals surface area contributed by atoms with Gasteiger partial charge in [-0.05, 0) is 19.3 Å². The van der Waals surface area contributed by atoms with Gasteiger partial charge in [-0.3, -0.25) is 0 Å². The fourth-order valence-electron chi connectivity index (χ4n) is 2.06. The van der Waals surface area contributed by atoms with Crippen molar-refractivity contribution >= 4 is 31.9 Å². The van der Waals surface area contributed by atoms with Crippen molar-refractivity contribution < 1.29 is 0 Å². The molecule has 98 valence electrons. The van der Waals surface area contributed by atoms with Gasteiger partial charge in [-0.1, -0.05) is 91.2 Å². The maximum Gasteiger partial charge on any atom is 0.0377 e. The van der Waals surface area contributed by atoms with E-state index in [4.69, 9.17) is 0 Å². The van der Waals surface area contributed by atoms with Crippen molar-refractivity contribution in [2.45, 2.75) is 87.7 Å². The van der Waals surface area contributed by atoms with Crippen molar-refractivity contribution in [3.63, 3.8) is 0 Å². The molecule has 0 N–H and O–H groups in total. The Kier molecular flexibility index (Phi) is 10.5. The Hall–Kier alpha value is 0.960. The average Bonchev–Trinajstić information content (AvgIpc) is 2.32. The van der Waals surface area contributed by atoms with E-state index in [1.165, 1.54) is 57.8 Å². The summed E-state index contributed by atoms with van der Waals surface area (Å²) in [5.74, 6) is 0. The smallest absolute Gasteiger partial charge is 0.0377 e. The van der Waals surface area contributed by atoms with Crippen molar-refractivity contribution in [2.75, 3.05) is 0 Å². The molecule has 0 aliphatic rings. The van der Waals surface area contributed by atoms with E-state index in [9.17, 15) is 0 Å². The first kappa shape index (κ1) is 17.0. The van der Waals surface area contributed by atoms with Gasteiger partial charge in [0.1, 0.15) is 0 Å². The van der Waals surface area contributed by atoms with Crippen LogP contribution in [-0.2, 0) is 0 Å². The normalized spacial score (nSPS) is 14.1. The van der Waals surface area contributed by atoms with E-state index in [1.807, 2.05) is 0 Å². The molecule has 0 heterocycles. The van der Waals surface area contributed by atoms with Crippen LogP contribution in [0.5, 0.6) is 0 Å². The van der Waals surface area contributed by atoms with Gasteiger partial charge in [0.2, 0.25) is 0 Å². The van der Waals surface area contributed by atoms with Crippen molar-refractivity contribution in [1.29, 1.82) is 0 Å². The van der Waals surface area contributed by atoms with Crippen LogP contribution in [0.2, 0.25) is 0 Å². The summed E-state index contributed by atoms with van der Waals surface area (Å²) in [5, 5.41) is 0. The van der Waals surface area contributed by atoms with E-state index in [-0.39, 0.29) is 0 Å². The zero-order valence-electron chi connectivity index (χ0n) is 11.2. The molecule has 0 radical (unpaired) electrons. The van der Waals surface area contributed by atoms with Crippen molar-refractivity contribution in [3.05, 3.63) is 0 Å². The second-order valence-corrected chi connectivity index (χ2v) is 7.45. The van der Waals surface area contributed by atoms with Crippen molar-refractivity contribution in [3.8, 4) is 0 Å². The van der Waals surface area contributed by atoms with E-state index in [2.05, 4.69) is 52.6 Å². The lowest BCUT2D eigenvalue weighted by Gasteiger charge is -2.30. The van der Waals surface area contributed by atoms with E-state index < -0.39 is 0 Å². The quantitative estimate of drug-likeness (QED) is 0.312. The summed E-state index contributed by atoms with van der Waals surface area (Å²) < 4.78 is 0.316. The van der Waals surface area contributed by atoms with Crippen LogP contribution >= 0.6 is 31.9 Å². The lowest BCUT2D eigenvalue weighted by Crippen LogP contribution is -2.30. The van der Waals surface area contributed by atoms with E-state index in [1.54, 1.807) is 0 Å². The molecule has 0 rings (SSSR count). The van der Waals surface area contributed by atoms with Crippen LogP contribution in [0.1, 0.15) is 78.6 Å². The lowest BCUT2D eigenvalue weighted by molar-refractivity contribution is 0.494. The number of unbranched alkanes of at least 4 members (excludes halogenated alkanes) is 5. The third-order valence-corrected chi connectivity index (χ3v) is 7.17. The minimum Gasteiger partial charge on any atom is -0.0875 e. The summed E-state index contributed by atoms with van der Waals surface area (Å²) in [6, 6.07) is 0. The molecule has 0 aromatic carbocycles. The van der Waals surface area contributed by atoms with Gasteiger partial charge in [0.05, 0.1) is 0 Å². The maximum absolute atomic E-state index is 3.90. The predicted octanol–water partition coefficient (Wildman–Crippen LogP) is 6.45. The highest BCUT2D eigenvalue weighted by molar-refractivity contribution is 9.12. The Morgan fingerprint density at radius 1 is 0.875 bits per heavy atom. The van der Waals surface area contributed by atoms with Crippen LogP contribution < -0.4 is 0 Å². The van der Waals surface area contributed by atoms with Crippen molar-refractivity contribution in [2.24, 2.45) is 0 Å². The largest absolute Gasteiger partial charge is 0.0875 e. The molecule has 0 amide bonds. The Labute approximate surface area is 119 Å². The predicted molar refractivity (Wildman–Crippen MR) is 82.9 cm³/mol. The molecule has 0 spiro atoms. The standard InChI is InChI=1S/C14H28Br2/c1-4-7-8-9-10-11-12-13(15)14(16,5-2)6-3/h13H,4-12H2,1-3H3. The zero-order valence-corrected chi connectivity index (χ0v) is 14.4. The second kappa shape index (κ2) is 9.94. The van der Waals surface area contributed by atoms with Gasteiger partial charge < -0.3 is 0 Å². The number of rotatable bonds is 10. The van der Waals surface area contributed by atoms with Gasteiger partial charge in [0, 0.05) is 9.15 Å². The van der Waals surface area contributed by atoms with Gasteiger partial charge >= 0.3 is 0 Å². The van der Waals surface area contributed by atoms with E-state index in [0.717, 1.165) is 0 Å². The SMILES string of the molecule is CCCCCCCCC(Br)C(Br)(CC)CC. The highest BCUT2D eigenvalue weighted by Gasteiger charge is 2.30. The zero-order chi connectivity index (χ0) is 12.4. The molecule has 16 heavy (non-hydrogen) atoms. The summed E-state index contributed by atoms with van der Waals surface area (Å²) in [7, 11) is 0. The fraction of sp³-hybridized carbons (Fsp3) is 1.00. The second-order valence-electron chi connectivity index (χ2n) is 4.77. The van der Waals surface area contributed by atoms with Crippen LogP contribution in [0.15, 0.2) is 0 Å². The van der Waals surface area contributed by atoms with Crippen LogP contribution in [0.3, 0.4) is 0 Å². The molecule has 0 fully saturated rings. The summed E-state index contributed by atoms with van der Waals surface area (Å²) >= 11 is 7.75. The van der Waals surface area contributed by atoms with Gasteiger partial charge in [-0.15, -0.1) is 0 Å². The first-order valence-electron chi connectivity index (χ1n) is 6.93. The topological polar surface area (TPSA) is 0 Å². The average molecular weight is 356 g/mol. The van der Waals surface area contributed by atoms with Crippen molar-refractivity contribution in [1.82, 2.24) is 0 Å². The molecule has 0 aliphatic heterocycles. The molecule has 0 saturated heterocycles. The monoisotopic (exact) mass is 354 g/mol. The van der Waals surface area contributed by atoms with Crippen LogP contribution in [0.25, 0.3) is 0 Å². The number of alkyl halides is 2. The Bertz CT molecular complexity index is 153. The number of halogens is 2. The third-order valence-electron chi connectivity index (χ3n) is 3.55. The molecule has 2 heteroatoms. The Morgan fingerprint density at radius 3 is 1.88 bits per heavy atom. The summed E-state index contributed by atoms with van der Waals surface area (Å²) in [4.78, 5) is 0.626. The number of hydrogen-bond acceptors (Lipinski definition) is 0. The van der Waals surface area contributed by atoms with Crippen LogP contribution in [-0.4, -0.2) is 9.15 Å². The molecular formula is C14H28Br2. The van der Waals surface area contributed by atoms with Crippen LogP contribution in [0.4, 0.5) is 0 Å². The molecule has 0 nitrogen and oxygen atoms in total. The Balaban J connectivity index is 3.60. The molecule has 0 aromatic rings. The van der Waals surface area contributed by atoms with Gasteiger partial charge in [0.15, 0.2) is 0 Å². The van der Waals surface area contributed by atoms with E-state index >= 15 is 0 Å². The minimum atomic E-state index is 0.316. The number of hydrogen-bond donors (Lipinski definition) is 0. The molecular weight excluding hydrogens is 328 g/mol. The van der Waals surface area contributed by atoms with Gasteiger partial charge in [-0.25, -0.2) is 0 Å². The van der Waals surface area contributed by atoms with Crippen LogP contribution in [0, 0.1) is 0 Å². The third kappa shape index (κ3) is 6.64. The summed E-state index contributed by atoms with van der Waals surface area (Å²) in [6.45, 7) is 6.82. The molecule has 1 atom stereocenters. The first-order valence-corrected chi connectivity index (χ1v) is 8.64. The maximum atomic E-state index is 3.90. The fourth-order valence-corrected chi connectivity index (χ4v) is 3.26. The molecule has 0 saturated carbocycles. The first-order chi connectivity index (χ1) is 7.60. The summed E-state index contributed by atoms with van der Waals surface area (Å²) in [5.41, 5.74) is 0. The highest BCUT2D eigenvalue weighted by atomic mass is 79.9. The molecule has 0 aromatic heterocycles. The molecule has 0 bridgehead atoms. The molecule has 0 aliphatic carbocycles.